The fourth-order valence-corrected chi connectivity index (χ4v) is 2.06. The Balaban J connectivity index is 2.50. The van der Waals surface area contributed by atoms with E-state index >= 15 is 0 Å². The number of aromatic nitrogens is 2. The van der Waals surface area contributed by atoms with Crippen LogP contribution >= 0.6 is 0 Å². The third kappa shape index (κ3) is 2.24. The van der Waals surface area contributed by atoms with Crippen LogP contribution in [0.5, 0.6) is 5.75 Å². The highest BCUT2D eigenvalue weighted by Crippen LogP contribution is 2.31. The van der Waals surface area contributed by atoms with E-state index in [0.717, 1.165) is 22.6 Å². The Kier molecular flexibility index (Phi) is 3.67. The van der Waals surface area contributed by atoms with Gasteiger partial charge in [-0.25, -0.2) is 0 Å². The third-order valence-corrected chi connectivity index (χ3v) is 3.08. The summed E-state index contributed by atoms with van der Waals surface area (Å²) in [6, 6.07) is 6.15. The third-order valence-electron chi connectivity index (χ3n) is 3.08. The minimum Gasteiger partial charge on any atom is -0.496 e. The second-order valence-corrected chi connectivity index (χ2v) is 4.59. The largest absolute Gasteiger partial charge is 0.496 e. The van der Waals surface area contributed by atoms with Crippen LogP contribution in [0.2, 0.25) is 0 Å². The Morgan fingerprint density at radius 1 is 1.39 bits per heavy atom. The normalized spacial score (nSPS) is 10.9. The molecule has 0 unspecified atom stereocenters. The van der Waals surface area contributed by atoms with Crippen molar-refractivity contribution in [2.75, 3.05) is 7.11 Å². The SMILES string of the molecule is COc1ccc(-c2[nH]ncc2CN)cc1C(C)C. The number of nitrogens with one attached hydrogen (secondary N) is 1. The highest BCUT2D eigenvalue weighted by molar-refractivity contribution is 5.65. The lowest BCUT2D eigenvalue weighted by Crippen LogP contribution is -1.98. The molecule has 0 fully saturated rings. The van der Waals surface area contributed by atoms with Gasteiger partial charge in [-0.3, -0.25) is 5.10 Å². The van der Waals surface area contributed by atoms with E-state index in [4.69, 9.17) is 10.5 Å². The van der Waals surface area contributed by atoms with E-state index in [1.54, 1.807) is 13.3 Å². The summed E-state index contributed by atoms with van der Waals surface area (Å²) in [5, 5.41) is 7.06. The molecule has 1 aromatic carbocycles. The van der Waals surface area contributed by atoms with Gasteiger partial charge in [-0.1, -0.05) is 13.8 Å². The molecule has 2 rings (SSSR count). The monoisotopic (exact) mass is 245 g/mol. The maximum absolute atomic E-state index is 5.70. The molecule has 0 aliphatic carbocycles. The van der Waals surface area contributed by atoms with E-state index in [-0.39, 0.29) is 0 Å². The van der Waals surface area contributed by atoms with Gasteiger partial charge >= 0.3 is 0 Å². The Morgan fingerprint density at radius 2 is 2.17 bits per heavy atom. The van der Waals surface area contributed by atoms with Gasteiger partial charge in [0.15, 0.2) is 0 Å². The molecule has 4 nitrogen and oxygen atoms in total. The molecule has 18 heavy (non-hydrogen) atoms. The predicted molar refractivity (Wildman–Crippen MR) is 72.6 cm³/mol. The van der Waals surface area contributed by atoms with E-state index in [0.29, 0.717) is 12.5 Å². The maximum Gasteiger partial charge on any atom is 0.122 e. The molecule has 1 aromatic heterocycles. The molecule has 0 saturated heterocycles. The quantitative estimate of drug-likeness (QED) is 0.870. The van der Waals surface area contributed by atoms with E-state index in [9.17, 15) is 0 Å². The van der Waals surface area contributed by atoms with Gasteiger partial charge in [-0.15, -0.1) is 0 Å². The number of rotatable bonds is 4. The number of nitrogens with zero attached hydrogens (tertiary/aromatic N) is 1. The van der Waals surface area contributed by atoms with Crippen molar-refractivity contribution in [3.63, 3.8) is 0 Å². The van der Waals surface area contributed by atoms with Crippen LogP contribution in [0.15, 0.2) is 24.4 Å². The first-order chi connectivity index (χ1) is 8.67. The van der Waals surface area contributed by atoms with Gasteiger partial charge in [0.25, 0.3) is 0 Å². The fourth-order valence-electron chi connectivity index (χ4n) is 2.06. The van der Waals surface area contributed by atoms with Crippen LogP contribution in [0.25, 0.3) is 11.3 Å². The number of nitrogens with two attached hydrogens (primary N) is 1. The van der Waals surface area contributed by atoms with E-state index < -0.39 is 0 Å². The lowest BCUT2D eigenvalue weighted by molar-refractivity contribution is 0.407. The average Bonchev–Trinajstić information content (AvgIpc) is 2.86. The number of hydrogen-bond acceptors (Lipinski definition) is 3. The molecule has 0 saturated carbocycles. The second-order valence-electron chi connectivity index (χ2n) is 4.59. The predicted octanol–water partition coefficient (Wildman–Crippen LogP) is 2.67. The van der Waals surface area contributed by atoms with Crippen LogP contribution in [0.3, 0.4) is 0 Å². The molecule has 0 amide bonds. The van der Waals surface area contributed by atoms with Crippen LogP contribution in [0.1, 0.15) is 30.9 Å². The van der Waals surface area contributed by atoms with Crippen LogP contribution in [-0.4, -0.2) is 17.3 Å². The van der Waals surface area contributed by atoms with Gasteiger partial charge in [0.2, 0.25) is 0 Å². The molecular formula is C14H19N3O. The minimum atomic E-state index is 0.407. The highest BCUT2D eigenvalue weighted by Gasteiger charge is 2.12. The Morgan fingerprint density at radius 3 is 2.78 bits per heavy atom. The molecule has 4 heteroatoms. The van der Waals surface area contributed by atoms with Crippen LogP contribution in [0.4, 0.5) is 0 Å². The summed E-state index contributed by atoms with van der Waals surface area (Å²) in [5.74, 6) is 1.33. The summed E-state index contributed by atoms with van der Waals surface area (Å²) < 4.78 is 5.39. The number of aromatic amines is 1. The van der Waals surface area contributed by atoms with Gasteiger partial charge in [-0.2, -0.15) is 5.10 Å². The average molecular weight is 245 g/mol. The first-order valence-electron chi connectivity index (χ1n) is 6.08. The summed E-state index contributed by atoms with van der Waals surface area (Å²) in [6.45, 7) is 4.78. The lowest BCUT2D eigenvalue weighted by Gasteiger charge is -2.13. The van der Waals surface area contributed by atoms with Gasteiger partial charge in [0.1, 0.15) is 5.75 Å². The molecule has 0 atom stereocenters. The van der Waals surface area contributed by atoms with Crippen LogP contribution in [0, 0.1) is 0 Å². The molecule has 1 heterocycles. The topological polar surface area (TPSA) is 63.9 Å². The standard InChI is InChI=1S/C14H19N3O/c1-9(2)12-6-10(4-5-13(12)18-3)14-11(7-15)8-16-17-14/h4-6,8-9H,7,15H2,1-3H3,(H,16,17). The number of benzene rings is 1. The van der Waals surface area contributed by atoms with Crippen molar-refractivity contribution in [3.8, 4) is 17.0 Å². The van der Waals surface area contributed by atoms with Crippen molar-refractivity contribution in [2.45, 2.75) is 26.3 Å². The van der Waals surface area contributed by atoms with E-state index in [1.807, 2.05) is 12.1 Å². The summed E-state index contributed by atoms with van der Waals surface area (Å²) in [7, 11) is 1.70. The summed E-state index contributed by atoms with van der Waals surface area (Å²) in [5.41, 5.74) is 10.00. The minimum absolute atomic E-state index is 0.407. The van der Waals surface area contributed by atoms with Crippen molar-refractivity contribution in [3.05, 3.63) is 35.5 Å². The van der Waals surface area contributed by atoms with Gasteiger partial charge in [0.05, 0.1) is 19.0 Å². The van der Waals surface area contributed by atoms with Gasteiger partial charge in [-0.05, 0) is 29.7 Å². The van der Waals surface area contributed by atoms with E-state index in [1.165, 1.54) is 5.56 Å². The molecule has 0 bridgehead atoms. The van der Waals surface area contributed by atoms with Crippen molar-refractivity contribution >= 4 is 0 Å². The molecule has 96 valence electrons. The Labute approximate surface area is 107 Å². The zero-order valence-corrected chi connectivity index (χ0v) is 11.0. The summed E-state index contributed by atoms with van der Waals surface area (Å²) >= 11 is 0. The Hall–Kier alpha value is -1.81. The number of methoxy groups -OCH3 is 1. The van der Waals surface area contributed by atoms with Crippen molar-refractivity contribution in [2.24, 2.45) is 5.73 Å². The smallest absolute Gasteiger partial charge is 0.122 e. The van der Waals surface area contributed by atoms with Crippen molar-refractivity contribution in [1.29, 1.82) is 0 Å². The fraction of sp³-hybridized carbons (Fsp3) is 0.357. The zero-order chi connectivity index (χ0) is 13.1. The van der Waals surface area contributed by atoms with E-state index in [2.05, 4.69) is 30.1 Å². The zero-order valence-electron chi connectivity index (χ0n) is 11.0. The van der Waals surface area contributed by atoms with Crippen LogP contribution < -0.4 is 10.5 Å². The molecule has 0 spiro atoms. The molecule has 0 aliphatic rings. The summed E-state index contributed by atoms with van der Waals surface area (Å²) in [4.78, 5) is 0. The molecule has 0 aliphatic heterocycles. The first kappa shape index (κ1) is 12.6. The first-order valence-corrected chi connectivity index (χ1v) is 6.08. The lowest BCUT2D eigenvalue weighted by atomic mass is 9.97. The van der Waals surface area contributed by atoms with Crippen LogP contribution in [-0.2, 0) is 6.54 Å². The molecule has 2 aromatic rings. The number of ether oxygens (including phenoxy) is 1. The Bertz CT molecular complexity index is 532. The highest BCUT2D eigenvalue weighted by atomic mass is 16.5. The number of hydrogen-bond donors (Lipinski definition) is 2. The summed E-state index contributed by atoms with van der Waals surface area (Å²) in [6.07, 6.45) is 1.77. The maximum atomic E-state index is 5.70. The second kappa shape index (κ2) is 5.23. The molecule has 0 radical (unpaired) electrons. The molecule has 3 N–H and O–H groups in total. The van der Waals surface area contributed by atoms with Crippen molar-refractivity contribution in [1.82, 2.24) is 10.2 Å². The van der Waals surface area contributed by atoms with Gasteiger partial charge in [0, 0.05) is 17.7 Å². The molecular weight excluding hydrogens is 226 g/mol. The number of H-pyrrole nitrogens is 1. The van der Waals surface area contributed by atoms with Crippen molar-refractivity contribution < 1.29 is 4.74 Å². The van der Waals surface area contributed by atoms with Gasteiger partial charge < -0.3 is 10.5 Å².